The molecular formula is C20H25N3O2S. The highest BCUT2D eigenvalue weighted by atomic mass is 32.1. The smallest absolute Gasteiger partial charge is 0.256 e. The number of anilines is 1. The Morgan fingerprint density at radius 1 is 1.19 bits per heavy atom. The standard InChI is InChI=1S/C20H25N3O2S/c1-2-14-3-5-16(6-4-14)18(24)23-20-17(9-12-26-20)19(25)22-11-8-15-7-10-21-13-15/h3-6,9,12,15,21H,2,7-8,10-11,13H2,1H3,(H,22,25)(H,23,24). The Labute approximate surface area is 158 Å². The number of carbonyl (C=O) groups excluding carboxylic acids is 2. The maximum Gasteiger partial charge on any atom is 0.256 e. The summed E-state index contributed by atoms with van der Waals surface area (Å²) in [5, 5.41) is 11.6. The Morgan fingerprint density at radius 2 is 2.00 bits per heavy atom. The Bertz CT molecular complexity index is 749. The van der Waals surface area contributed by atoms with Gasteiger partial charge < -0.3 is 16.0 Å². The summed E-state index contributed by atoms with van der Waals surface area (Å²) in [7, 11) is 0. The van der Waals surface area contributed by atoms with E-state index in [0.29, 0.717) is 28.6 Å². The molecule has 0 aliphatic carbocycles. The van der Waals surface area contributed by atoms with Crippen LogP contribution in [-0.2, 0) is 6.42 Å². The van der Waals surface area contributed by atoms with E-state index in [9.17, 15) is 9.59 Å². The molecule has 1 aromatic heterocycles. The molecule has 0 spiro atoms. The predicted molar refractivity (Wildman–Crippen MR) is 106 cm³/mol. The summed E-state index contributed by atoms with van der Waals surface area (Å²) >= 11 is 1.36. The van der Waals surface area contributed by atoms with Gasteiger partial charge in [-0.1, -0.05) is 19.1 Å². The van der Waals surface area contributed by atoms with Crippen LogP contribution in [0.1, 0.15) is 46.0 Å². The van der Waals surface area contributed by atoms with Gasteiger partial charge in [0.1, 0.15) is 5.00 Å². The summed E-state index contributed by atoms with van der Waals surface area (Å²) in [4.78, 5) is 24.9. The quantitative estimate of drug-likeness (QED) is 0.699. The molecule has 1 aromatic carbocycles. The molecule has 1 atom stereocenters. The van der Waals surface area contributed by atoms with Crippen LogP contribution in [0.2, 0.25) is 0 Å². The average molecular weight is 372 g/mol. The number of nitrogens with one attached hydrogen (secondary N) is 3. The van der Waals surface area contributed by atoms with E-state index in [1.54, 1.807) is 6.07 Å². The summed E-state index contributed by atoms with van der Waals surface area (Å²) in [6.07, 6.45) is 3.09. The Kier molecular flexibility index (Phi) is 6.41. The van der Waals surface area contributed by atoms with Gasteiger partial charge in [0.15, 0.2) is 0 Å². The van der Waals surface area contributed by atoms with Gasteiger partial charge in [-0.3, -0.25) is 9.59 Å². The van der Waals surface area contributed by atoms with Crippen LogP contribution < -0.4 is 16.0 Å². The number of carbonyl (C=O) groups is 2. The second-order valence-corrected chi connectivity index (χ2v) is 7.49. The maximum absolute atomic E-state index is 12.4. The lowest BCUT2D eigenvalue weighted by molar-refractivity contribution is 0.0953. The van der Waals surface area contributed by atoms with E-state index in [1.165, 1.54) is 23.3 Å². The second-order valence-electron chi connectivity index (χ2n) is 6.57. The lowest BCUT2D eigenvalue weighted by Gasteiger charge is -2.10. The zero-order valence-electron chi connectivity index (χ0n) is 15.0. The number of rotatable bonds is 7. The Hall–Kier alpha value is -2.18. The Balaban J connectivity index is 1.56. The first-order valence-electron chi connectivity index (χ1n) is 9.14. The number of thiophene rings is 1. The number of aryl methyl sites for hydroxylation is 1. The SMILES string of the molecule is CCc1ccc(C(=O)Nc2sccc2C(=O)NCCC2CCNC2)cc1. The van der Waals surface area contributed by atoms with Crippen LogP contribution in [0.3, 0.4) is 0 Å². The fraction of sp³-hybridized carbons (Fsp3) is 0.400. The summed E-state index contributed by atoms with van der Waals surface area (Å²) < 4.78 is 0. The van der Waals surface area contributed by atoms with Crippen molar-refractivity contribution in [3.8, 4) is 0 Å². The first-order valence-corrected chi connectivity index (χ1v) is 10.0. The van der Waals surface area contributed by atoms with Crippen LogP contribution in [0.15, 0.2) is 35.7 Å². The second kappa shape index (κ2) is 8.96. The van der Waals surface area contributed by atoms with Crippen molar-refractivity contribution in [2.75, 3.05) is 25.0 Å². The number of hydrogen-bond donors (Lipinski definition) is 3. The minimum absolute atomic E-state index is 0.131. The molecule has 138 valence electrons. The molecule has 0 bridgehead atoms. The molecule has 0 saturated carbocycles. The van der Waals surface area contributed by atoms with Crippen molar-refractivity contribution in [3.63, 3.8) is 0 Å². The minimum Gasteiger partial charge on any atom is -0.352 e. The lowest BCUT2D eigenvalue weighted by Crippen LogP contribution is -2.27. The van der Waals surface area contributed by atoms with Gasteiger partial charge >= 0.3 is 0 Å². The van der Waals surface area contributed by atoms with E-state index in [-0.39, 0.29) is 11.8 Å². The molecule has 2 amide bonds. The largest absolute Gasteiger partial charge is 0.352 e. The van der Waals surface area contributed by atoms with E-state index in [4.69, 9.17) is 0 Å². The number of amides is 2. The van der Waals surface area contributed by atoms with E-state index < -0.39 is 0 Å². The van der Waals surface area contributed by atoms with Crippen LogP contribution in [0.5, 0.6) is 0 Å². The molecule has 5 nitrogen and oxygen atoms in total. The lowest BCUT2D eigenvalue weighted by atomic mass is 10.1. The van der Waals surface area contributed by atoms with Crippen LogP contribution in [0.4, 0.5) is 5.00 Å². The molecule has 2 heterocycles. The summed E-state index contributed by atoms with van der Waals surface area (Å²) in [5.41, 5.74) is 2.31. The molecule has 1 saturated heterocycles. The molecule has 1 unspecified atom stereocenters. The molecule has 3 rings (SSSR count). The highest BCUT2D eigenvalue weighted by Gasteiger charge is 2.17. The molecule has 1 aliphatic rings. The van der Waals surface area contributed by atoms with Crippen molar-refractivity contribution in [2.45, 2.75) is 26.2 Å². The average Bonchev–Trinajstić information content (AvgIpc) is 3.33. The monoisotopic (exact) mass is 371 g/mol. The highest BCUT2D eigenvalue weighted by molar-refractivity contribution is 7.14. The topological polar surface area (TPSA) is 70.2 Å². The fourth-order valence-corrected chi connectivity index (χ4v) is 3.88. The molecule has 3 N–H and O–H groups in total. The van der Waals surface area contributed by atoms with Crippen molar-refractivity contribution in [2.24, 2.45) is 5.92 Å². The summed E-state index contributed by atoms with van der Waals surface area (Å²) in [6, 6.07) is 9.30. The molecule has 26 heavy (non-hydrogen) atoms. The first kappa shape index (κ1) is 18.6. The van der Waals surface area contributed by atoms with Gasteiger partial charge in [-0.05, 0) is 67.4 Å². The summed E-state index contributed by atoms with van der Waals surface area (Å²) in [6.45, 7) is 4.84. The molecule has 6 heteroatoms. The van der Waals surface area contributed by atoms with E-state index in [2.05, 4.69) is 22.9 Å². The third-order valence-electron chi connectivity index (χ3n) is 4.76. The van der Waals surface area contributed by atoms with Crippen molar-refractivity contribution >= 4 is 28.2 Å². The van der Waals surface area contributed by atoms with Crippen molar-refractivity contribution in [1.82, 2.24) is 10.6 Å². The zero-order valence-corrected chi connectivity index (χ0v) is 15.8. The third kappa shape index (κ3) is 4.71. The third-order valence-corrected chi connectivity index (χ3v) is 5.59. The van der Waals surface area contributed by atoms with Gasteiger partial charge in [0.25, 0.3) is 11.8 Å². The Morgan fingerprint density at radius 3 is 2.69 bits per heavy atom. The molecule has 1 aliphatic heterocycles. The van der Waals surface area contributed by atoms with E-state index >= 15 is 0 Å². The van der Waals surface area contributed by atoms with Crippen LogP contribution in [-0.4, -0.2) is 31.4 Å². The van der Waals surface area contributed by atoms with Crippen LogP contribution in [0.25, 0.3) is 0 Å². The summed E-state index contributed by atoms with van der Waals surface area (Å²) in [5.74, 6) is 0.318. The van der Waals surface area contributed by atoms with Gasteiger partial charge in [0, 0.05) is 12.1 Å². The maximum atomic E-state index is 12.4. The molecule has 1 fully saturated rings. The van der Waals surface area contributed by atoms with Crippen molar-refractivity contribution in [3.05, 3.63) is 52.4 Å². The molecular weight excluding hydrogens is 346 g/mol. The van der Waals surface area contributed by atoms with Gasteiger partial charge in [-0.15, -0.1) is 11.3 Å². The zero-order chi connectivity index (χ0) is 18.4. The number of hydrogen-bond acceptors (Lipinski definition) is 4. The van der Waals surface area contributed by atoms with E-state index in [1.807, 2.05) is 29.6 Å². The van der Waals surface area contributed by atoms with Gasteiger partial charge in [-0.2, -0.15) is 0 Å². The molecule has 0 radical (unpaired) electrons. The molecule has 2 aromatic rings. The highest BCUT2D eigenvalue weighted by Crippen LogP contribution is 2.24. The van der Waals surface area contributed by atoms with Gasteiger partial charge in [0.2, 0.25) is 0 Å². The number of benzene rings is 1. The van der Waals surface area contributed by atoms with Crippen molar-refractivity contribution in [1.29, 1.82) is 0 Å². The minimum atomic E-state index is -0.193. The van der Waals surface area contributed by atoms with Crippen molar-refractivity contribution < 1.29 is 9.59 Å². The fourth-order valence-electron chi connectivity index (χ4n) is 3.10. The first-order chi connectivity index (χ1) is 12.7. The normalized spacial score (nSPS) is 16.4. The van der Waals surface area contributed by atoms with Gasteiger partial charge in [0.05, 0.1) is 5.56 Å². The predicted octanol–water partition coefficient (Wildman–Crippen LogP) is 3.29. The van der Waals surface area contributed by atoms with Gasteiger partial charge in [-0.25, -0.2) is 0 Å². The van der Waals surface area contributed by atoms with Crippen LogP contribution in [0, 0.1) is 5.92 Å². The van der Waals surface area contributed by atoms with E-state index in [0.717, 1.165) is 25.9 Å². The van der Waals surface area contributed by atoms with Crippen LogP contribution >= 0.6 is 11.3 Å².